The van der Waals surface area contributed by atoms with E-state index in [2.05, 4.69) is 38.5 Å². The average molecular weight is 497 g/mol. The molecule has 10 heteroatoms. The molecule has 4 heterocycles. The molecule has 1 fully saturated rings. The van der Waals surface area contributed by atoms with Gasteiger partial charge in [-0.15, -0.1) is 0 Å². The second kappa shape index (κ2) is 8.88. The van der Waals surface area contributed by atoms with Crippen LogP contribution >= 0.6 is 0 Å². The first-order chi connectivity index (χ1) is 17.9. The van der Waals surface area contributed by atoms with Crippen molar-refractivity contribution >= 4 is 22.3 Å². The fraction of sp³-hybridized carbons (Fsp3) is 0.296. The van der Waals surface area contributed by atoms with Gasteiger partial charge < -0.3 is 20.1 Å². The minimum atomic E-state index is -0.197. The number of aryl methyl sites for hydroxylation is 2. The number of hydrogen-bond donors (Lipinski definition) is 2. The molecule has 0 amide bonds. The highest BCUT2D eigenvalue weighted by Crippen LogP contribution is 2.40. The summed E-state index contributed by atoms with van der Waals surface area (Å²) in [7, 11) is 1.88. The number of nitrogen functional groups attached to an aromatic ring is 1. The minimum Gasteiger partial charge on any atom is -0.398 e. The van der Waals surface area contributed by atoms with Gasteiger partial charge >= 0.3 is 0 Å². The zero-order valence-corrected chi connectivity index (χ0v) is 21.0. The Hall–Kier alpha value is -4.47. The van der Waals surface area contributed by atoms with Crippen LogP contribution in [0.5, 0.6) is 0 Å². The number of anilines is 2. The molecule has 6 rings (SSSR count). The lowest BCUT2D eigenvalue weighted by Crippen LogP contribution is -2.27. The van der Waals surface area contributed by atoms with Crippen LogP contribution in [0, 0.1) is 6.92 Å². The van der Waals surface area contributed by atoms with Gasteiger partial charge in [0.15, 0.2) is 5.82 Å². The molecule has 188 valence electrons. The van der Waals surface area contributed by atoms with Crippen molar-refractivity contribution in [1.29, 1.82) is 0 Å². The smallest absolute Gasteiger partial charge is 0.263 e. The van der Waals surface area contributed by atoms with Gasteiger partial charge in [0.2, 0.25) is 0 Å². The highest BCUT2D eigenvalue weighted by Gasteiger charge is 2.31. The molecule has 0 aliphatic heterocycles. The molecule has 5 aromatic rings. The Kier molecular flexibility index (Phi) is 5.51. The molecular weight excluding hydrogens is 468 g/mol. The normalized spacial score (nSPS) is 14.2. The molecule has 0 unspecified atom stereocenters. The molecule has 0 saturated heterocycles. The number of benzene rings is 1. The average Bonchev–Trinajstić information content (AvgIpc) is 3.48. The van der Waals surface area contributed by atoms with Crippen LogP contribution in [0.3, 0.4) is 0 Å². The number of rotatable bonds is 7. The standard InChI is InChI=1S/C27H28N8O2/c1-4-21(32-25-24(20(28)10-11-29-25)26-31-15(2)33-37-26)22-12-16-6-5-7-19(17-13-30-34(3)14-17)23(16)27(36)35(22)18-8-9-18/h5-7,10-14,18,21H,4,8-9H2,1-3H3,(H3,28,29,32)/t21-/m0/s1. The maximum Gasteiger partial charge on any atom is 0.263 e. The molecule has 1 aliphatic carbocycles. The van der Waals surface area contributed by atoms with Crippen molar-refractivity contribution in [3.63, 3.8) is 0 Å². The van der Waals surface area contributed by atoms with Crippen molar-refractivity contribution < 1.29 is 4.52 Å². The van der Waals surface area contributed by atoms with Crippen molar-refractivity contribution in [2.45, 2.75) is 45.2 Å². The molecule has 3 N–H and O–H groups in total. The van der Waals surface area contributed by atoms with E-state index < -0.39 is 0 Å². The van der Waals surface area contributed by atoms with E-state index in [-0.39, 0.29) is 17.6 Å². The first-order valence-corrected chi connectivity index (χ1v) is 12.4. The molecule has 37 heavy (non-hydrogen) atoms. The molecular formula is C27H28N8O2. The van der Waals surface area contributed by atoms with E-state index in [1.54, 1.807) is 30.1 Å². The highest BCUT2D eigenvalue weighted by atomic mass is 16.5. The van der Waals surface area contributed by atoms with Gasteiger partial charge in [0.1, 0.15) is 11.4 Å². The topological polar surface area (TPSA) is 130 Å². The lowest BCUT2D eigenvalue weighted by Gasteiger charge is -2.24. The summed E-state index contributed by atoms with van der Waals surface area (Å²) in [5.41, 5.74) is 10.1. The zero-order valence-electron chi connectivity index (χ0n) is 21.0. The Morgan fingerprint density at radius 3 is 2.78 bits per heavy atom. The first kappa shape index (κ1) is 23.0. The quantitative estimate of drug-likeness (QED) is 0.333. The monoisotopic (exact) mass is 496 g/mol. The maximum atomic E-state index is 14.1. The van der Waals surface area contributed by atoms with Crippen molar-refractivity contribution in [3.8, 4) is 22.6 Å². The summed E-state index contributed by atoms with van der Waals surface area (Å²) in [5.74, 6) is 1.35. The summed E-state index contributed by atoms with van der Waals surface area (Å²) in [6.07, 6.45) is 8.06. The number of aromatic nitrogens is 6. The molecule has 1 atom stereocenters. The number of nitrogens with zero attached hydrogens (tertiary/aromatic N) is 6. The number of nitrogens with one attached hydrogen (secondary N) is 1. The van der Waals surface area contributed by atoms with Crippen molar-refractivity contribution in [1.82, 2.24) is 29.5 Å². The molecule has 1 saturated carbocycles. The van der Waals surface area contributed by atoms with Crippen LogP contribution in [0.25, 0.3) is 33.4 Å². The van der Waals surface area contributed by atoms with Crippen LogP contribution in [0.1, 0.15) is 49.8 Å². The Balaban J connectivity index is 1.50. The van der Waals surface area contributed by atoms with Gasteiger partial charge in [0, 0.05) is 42.4 Å². The predicted molar refractivity (Wildman–Crippen MR) is 142 cm³/mol. The summed E-state index contributed by atoms with van der Waals surface area (Å²) in [6, 6.07) is 9.78. The third-order valence-electron chi connectivity index (χ3n) is 6.84. The lowest BCUT2D eigenvalue weighted by molar-refractivity contribution is 0.425. The van der Waals surface area contributed by atoms with Crippen molar-refractivity contribution in [3.05, 3.63) is 70.8 Å². The van der Waals surface area contributed by atoms with E-state index in [9.17, 15) is 4.79 Å². The van der Waals surface area contributed by atoms with Gasteiger partial charge in [0.05, 0.1) is 17.6 Å². The van der Waals surface area contributed by atoms with Gasteiger partial charge in [-0.25, -0.2) is 4.98 Å². The molecule has 0 bridgehead atoms. The molecule has 1 aromatic carbocycles. The van der Waals surface area contributed by atoms with Gasteiger partial charge in [-0.1, -0.05) is 30.3 Å². The van der Waals surface area contributed by atoms with E-state index in [1.807, 2.05) is 36.0 Å². The number of pyridine rings is 2. The van der Waals surface area contributed by atoms with Crippen LogP contribution in [0.15, 0.2) is 58.2 Å². The van der Waals surface area contributed by atoms with Gasteiger partial charge in [0.25, 0.3) is 11.4 Å². The Morgan fingerprint density at radius 2 is 2.11 bits per heavy atom. The molecule has 0 spiro atoms. The van der Waals surface area contributed by atoms with Crippen LogP contribution in [-0.2, 0) is 7.05 Å². The van der Waals surface area contributed by atoms with Gasteiger partial charge in [-0.05, 0) is 49.3 Å². The number of fused-ring (bicyclic) bond motifs is 1. The molecule has 1 aliphatic rings. The zero-order chi connectivity index (χ0) is 25.7. The van der Waals surface area contributed by atoms with E-state index in [0.717, 1.165) is 41.5 Å². The van der Waals surface area contributed by atoms with E-state index >= 15 is 0 Å². The SMILES string of the molecule is CC[C@H](Nc1nccc(N)c1-c1nc(C)no1)c1cc2cccc(-c3cnn(C)c3)c2c(=O)n1C1CC1. The van der Waals surface area contributed by atoms with Crippen molar-refractivity contribution in [2.24, 2.45) is 7.05 Å². The second-order valence-corrected chi connectivity index (χ2v) is 9.52. The fourth-order valence-corrected chi connectivity index (χ4v) is 4.93. The van der Waals surface area contributed by atoms with Gasteiger partial charge in [-0.3, -0.25) is 9.48 Å². The summed E-state index contributed by atoms with van der Waals surface area (Å²) in [4.78, 5) is 23.0. The van der Waals surface area contributed by atoms with E-state index in [1.165, 1.54) is 0 Å². The fourth-order valence-electron chi connectivity index (χ4n) is 4.93. The molecule has 10 nitrogen and oxygen atoms in total. The summed E-state index contributed by atoms with van der Waals surface area (Å²) >= 11 is 0. The maximum absolute atomic E-state index is 14.1. The van der Waals surface area contributed by atoms with E-state index in [4.69, 9.17) is 10.3 Å². The summed E-state index contributed by atoms with van der Waals surface area (Å²) in [6.45, 7) is 3.84. The molecule has 4 aromatic heterocycles. The summed E-state index contributed by atoms with van der Waals surface area (Å²) < 4.78 is 9.13. The second-order valence-electron chi connectivity index (χ2n) is 9.52. The molecule has 0 radical (unpaired) electrons. The van der Waals surface area contributed by atoms with Gasteiger partial charge in [-0.2, -0.15) is 10.1 Å². The third kappa shape index (κ3) is 4.04. The lowest BCUT2D eigenvalue weighted by atomic mass is 9.99. The Labute approximate surface area is 213 Å². The van der Waals surface area contributed by atoms with Crippen LogP contribution in [-0.4, -0.2) is 29.5 Å². The Morgan fingerprint density at radius 1 is 1.27 bits per heavy atom. The summed E-state index contributed by atoms with van der Waals surface area (Å²) in [5, 5.41) is 13.4. The minimum absolute atomic E-state index is 0.0167. The third-order valence-corrected chi connectivity index (χ3v) is 6.84. The number of hydrogen-bond acceptors (Lipinski definition) is 8. The predicted octanol–water partition coefficient (Wildman–Crippen LogP) is 4.64. The Bertz CT molecular complexity index is 1680. The van der Waals surface area contributed by atoms with Crippen LogP contribution in [0.4, 0.5) is 11.5 Å². The largest absolute Gasteiger partial charge is 0.398 e. The highest BCUT2D eigenvalue weighted by molar-refractivity contribution is 5.96. The first-order valence-electron chi connectivity index (χ1n) is 12.4. The number of nitrogens with two attached hydrogens (primary N) is 1. The van der Waals surface area contributed by atoms with Crippen molar-refractivity contribution in [2.75, 3.05) is 11.1 Å². The van der Waals surface area contributed by atoms with E-state index in [0.29, 0.717) is 34.2 Å². The van der Waals surface area contributed by atoms with Crippen LogP contribution in [0.2, 0.25) is 0 Å². The van der Waals surface area contributed by atoms with Crippen LogP contribution < -0.4 is 16.6 Å².